The molecule has 0 bridgehead atoms. The number of hydrogen-bond donors (Lipinski definition) is 2. The van der Waals surface area contributed by atoms with Gasteiger partial charge in [0.2, 0.25) is 0 Å². The van der Waals surface area contributed by atoms with Crippen molar-refractivity contribution in [1.82, 2.24) is 0 Å². The SMILES string of the molecule is O=[N+]([O-])c1cc(CO)ccc1NCC1COCCO1. The molecule has 0 spiro atoms. The van der Waals surface area contributed by atoms with Gasteiger partial charge in [-0.3, -0.25) is 10.1 Å². The van der Waals surface area contributed by atoms with Crippen LogP contribution >= 0.6 is 0 Å². The topological polar surface area (TPSA) is 93.9 Å². The molecule has 1 aromatic carbocycles. The number of nitrogens with zero attached hydrogens (tertiary/aromatic N) is 1. The second-order valence-electron chi connectivity index (χ2n) is 4.22. The third-order valence-corrected chi connectivity index (χ3v) is 2.85. The van der Waals surface area contributed by atoms with Gasteiger partial charge in [0.1, 0.15) is 5.69 Å². The molecule has 0 aliphatic carbocycles. The molecule has 1 aliphatic heterocycles. The number of aliphatic hydroxyl groups is 1. The molecule has 1 atom stereocenters. The summed E-state index contributed by atoms with van der Waals surface area (Å²) in [6.07, 6.45) is -0.106. The summed E-state index contributed by atoms with van der Waals surface area (Å²) in [7, 11) is 0. The maximum Gasteiger partial charge on any atom is 0.292 e. The van der Waals surface area contributed by atoms with E-state index in [1.165, 1.54) is 6.07 Å². The number of aliphatic hydroxyl groups excluding tert-OH is 1. The molecule has 19 heavy (non-hydrogen) atoms. The van der Waals surface area contributed by atoms with E-state index >= 15 is 0 Å². The summed E-state index contributed by atoms with van der Waals surface area (Å²) in [6.45, 7) is 1.83. The van der Waals surface area contributed by atoms with Crippen molar-refractivity contribution < 1.29 is 19.5 Å². The van der Waals surface area contributed by atoms with Crippen LogP contribution in [0.4, 0.5) is 11.4 Å². The van der Waals surface area contributed by atoms with E-state index in [1.807, 2.05) is 0 Å². The van der Waals surface area contributed by atoms with Gasteiger partial charge in [-0.25, -0.2) is 0 Å². The zero-order chi connectivity index (χ0) is 13.7. The highest BCUT2D eigenvalue weighted by Crippen LogP contribution is 2.25. The quantitative estimate of drug-likeness (QED) is 0.609. The molecular weight excluding hydrogens is 252 g/mol. The van der Waals surface area contributed by atoms with Crippen LogP contribution in [0.15, 0.2) is 18.2 Å². The summed E-state index contributed by atoms with van der Waals surface area (Å²) in [5, 5.41) is 22.9. The van der Waals surface area contributed by atoms with E-state index in [-0.39, 0.29) is 18.4 Å². The Morgan fingerprint density at radius 1 is 1.47 bits per heavy atom. The maximum atomic E-state index is 11.0. The first-order chi connectivity index (χ1) is 9.20. The third-order valence-electron chi connectivity index (χ3n) is 2.85. The van der Waals surface area contributed by atoms with Gasteiger partial charge in [0.05, 0.1) is 37.5 Å². The Hall–Kier alpha value is -1.70. The van der Waals surface area contributed by atoms with Crippen LogP contribution < -0.4 is 5.32 Å². The van der Waals surface area contributed by atoms with Gasteiger partial charge in [0.15, 0.2) is 0 Å². The van der Waals surface area contributed by atoms with E-state index in [1.54, 1.807) is 12.1 Å². The summed E-state index contributed by atoms with van der Waals surface area (Å²) in [4.78, 5) is 10.5. The average molecular weight is 268 g/mol. The highest BCUT2D eigenvalue weighted by atomic mass is 16.6. The lowest BCUT2D eigenvalue weighted by Gasteiger charge is -2.23. The van der Waals surface area contributed by atoms with Crippen LogP contribution in [0.25, 0.3) is 0 Å². The fourth-order valence-electron chi connectivity index (χ4n) is 1.85. The Morgan fingerprint density at radius 3 is 2.95 bits per heavy atom. The van der Waals surface area contributed by atoms with Gasteiger partial charge in [0, 0.05) is 12.6 Å². The molecule has 1 aliphatic rings. The summed E-state index contributed by atoms with van der Waals surface area (Å²) < 4.78 is 10.7. The van der Waals surface area contributed by atoms with Crippen LogP contribution in [0.3, 0.4) is 0 Å². The second kappa shape index (κ2) is 6.46. The first kappa shape index (κ1) is 13.7. The lowest BCUT2D eigenvalue weighted by molar-refractivity contribution is -0.384. The summed E-state index contributed by atoms with van der Waals surface area (Å²) in [5.74, 6) is 0. The number of ether oxygens (including phenoxy) is 2. The number of benzene rings is 1. The number of rotatable bonds is 5. The predicted molar refractivity (Wildman–Crippen MR) is 68.1 cm³/mol. The maximum absolute atomic E-state index is 11.0. The van der Waals surface area contributed by atoms with Crippen LogP contribution in [0.2, 0.25) is 0 Å². The molecule has 0 radical (unpaired) electrons. The summed E-state index contributed by atoms with van der Waals surface area (Å²) >= 11 is 0. The fraction of sp³-hybridized carbons (Fsp3) is 0.500. The molecule has 1 saturated heterocycles. The van der Waals surface area contributed by atoms with Gasteiger partial charge < -0.3 is 19.9 Å². The minimum absolute atomic E-state index is 0.0525. The van der Waals surface area contributed by atoms with Crippen LogP contribution in [0.5, 0.6) is 0 Å². The van der Waals surface area contributed by atoms with Gasteiger partial charge in [0.25, 0.3) is 5.69 Å². The van der Waals surface area contributed by atoms with Gasteiger partial charge in [-0.2, -0.15) is 0 Å². The van der Waals surface area contributed by atoms with Gasteiger partial charge in [-0.05, 0) is 11.6 Å². The lowest BCUT2D eigenvalue weighted by atomic mass is 10.2. The van der Waals surface area contributed by atoms with E-state index in [4.69, 9.17) is 14.6 Å². The van der Waals surface area contributed by atoms with E-state index in [9.17, 15) is 10.1 Å². The molecule has 1 heterocycles. The van der Waals surface area contributed by atoms with Crippen LogP contribution in [0, 0.1) is 10.1 Å². The molecule has 0 aromatic heterocycles. The normalized spacial score (nSPS) is 19.1. The van der Waals surface area contributed by atoms with Crippen molar-refractivity contribution in [2.45, 2.75) is 12.7 Å². The Balaban J connectivity index is 2.04. The first-order valence-electron chi connectivity index (χ1n) is 6.02. The predicted octanol–water partition coefficient (Wildman–Crippen LogP) is 0.914. The molecule has 1 aromatic rings. The Labute approximate surface area is 110 Å². The van der Waals surface area contributed by atoms with Crippen LogP contribution in [-0.4, -0.2) is 42.5 Å². The minimum Gasteiger partial charge on any atom is -0.392 e. The molecule has 7 heteroatoms. The molecule has 1 fully saturated rings. The molecule has 2 rings (SSSR count). The van der Waals surface area contributed by atoms with Crippen molar-refractivity contribution in [2.24, 2.45) is 0 Å². The summed E-state index contributed by atoms with van der Waals surface area (Å²) in [5.41, 5.74) is 0.870. The monoisotopic (exact) mass is 268 g/mol. The largest absolute Gasteiger partial charge is 0.392 e. The Kier molecular flexibility index (Phi) is 4.67. The van der Waals surface area contributed by atoms with Crippen molar-refractivity contribution in [3.8, 4) is 0 Å². The van der Waals surface area contributed by atoms with Gasteiger partial charge in [-0.15, -0.1) is 0 Å². The zero-order valence-corrected chi connectivity index (χ0v) is 10.4. The van der Waals surface area contributed by atoms with Crippen molar-refractivity contribution in [2.75, 3.05) is 31.7 Å². The smallest absolute Gasteiger partial charge is 0.292 e. The number of anilines is 1. The Morgan fingerprint density at radius 2 is 2.32 bits per heavy atom. The fourth-order valence-corrected chi connectivity index (χ4v) is 1.85. The van der Waals surface area contributed by atoms with E-state index in [2.05, 4.69) is 5.32 Å². The van der Waals surface area contributed by atoms with Crippen molar-refractivity contribution in [3.05, 3.63) is 33.9 Å². The summed E-state index contributed by atoms with van der Waals surface area (Å²) in [6, 6.07) is 4.60. The third kappa shape index (κ3) is 3.63. The molecule has 7 nitrogen and oxygen atoms in total. The molecule has 1 unspecified atom stereocenters. The Bertz CT molecular complexity index is 446. The first-order valence-corrected chi connectivity index (χ1v) is 6.02. The lowest BCUT2D eigenvalue weighted by Crippen LogP contribution is -2.34. The zero-order valence-electron chi connectivity index (χ0n) is 10.4. The van der Waals surface area contributed by atoms with Crippen LogP contribution in [0.1, 0.15) is 5.56 Å². The standard InChI is InChI=1S/C12H16N2O5/c15-7-9-1-2-11(12(5-9)14(16)17)13-6-10-8-18-3-4-19-10/h1-2,5,10,13,15H,3-4,6-8H2. The van der Waals surface area contributed by atoms with Gasteiger partial charge >= 0.3 is 0 Å². The minimum atomic E-state index is -0.472. The molecule has 2 N–H and O–H groups in total. The van der Waals surface area contributed by atoms with E-state index in [0.29, 0.717) is 37.6 Å². The average Bonchev–Trinajstić information content (AvgIpc) is 2.46. The number of nitro benzene ring substituents is 1. The highest BCUT2D eigenvalue weighted by molar-refractivity contribution is 5.62. The molecule has 0 amide bonds. The van der Waals surface area contributed by atoms with Crippen LogP contribution in [-0.2, 0) is 16.1 Å². The number of hydrogen-bond acceptors (Lipinski definition) is 6. The highest BCUT2D eigenvalue weighted by Gasteiger charge is 2.18. The number of nitrogens with one attached hydrogen (secondary N) is 1. The number of nitro groups is 1. The molecular formula is C12H16N2O5. The van der Waals surface area contributed by atoms with Crippen molar-refractivity contribution in [1.29, 1.82) is 0 Å². The molecule has 104 valence electrons. The van der Waals surface area contributed by atoms with Crippen molar-refractivity contribution in [3.63, 3.8) is 0 Å². The van der Waals surface area contributed by atoms with E-state index in [0.717, 1.165) is 0 Å². The van der Waals surface area contributed by atoms with Gasteiger partial charge in [-0.1, -0.05) is 6.07 Å². The van der Waals surface area contributed by atoms with Crippen molar-refractivity contribution >= 4 is 11.4 Å². The molecule has 0 saturated carbocycles. The van der Waals surface area contributed by atoms with E-state index < -0.39 is 4.92 Å². The second-order valence-corrected chi connectivity index (χ2v) is 4.22.